The molecule has 0 amide bonds. The number of amidine groups is 2. The minimum atomic E-state index is -0.312. The number of nitrogens with zero attached hydrogens (tertiary/aromatic N) is 8. The van der Waals surface area contributed by atoms with E-state index in [4.69, 9.17) is 23.7 Å². The quantitative estimate of drug-likeness (QED) is 0.409. The highest BCUT2D eigenvalue weighted by Gasteiger charge is 2.50. The van der Waals surface area contributed by atoms with Crippen LogP contribution in [0.2, 0.25) is 0 Å². The molecule has 0 aliphatic heterocycles. The van der Waals surface area contributed by atoms with E-state index in [2.05, 4.69) is 29.6 Å². The summed E-state index contributed by atoms with van der Waals surface area (Å²) in [7, 11) is 0. The molecule has 8 nitrogen and oxygen atoms in total. The maximum Gasteiger partial charge on any atom is 0.352 e. The highest BCUT2D eigenvalue weighted by atomic mass is 32.1. The van der Waals surface area contributed by atoms with Gasteiger partial charge >= 0.3 is 21.9 Å². The number of rotatable bonds is 2. The molecular formula is C18H10N8S2. The van der Waals surface area contributed by atoms with Crippen LogP contribution in [0.5, 0.6) is 0 Å². The Morgan fingerprint density at radius 1 is 0.893 bits per heavy atom. The lowest BCUT2D eigenvalue weighted by Crippen LogP contribution is -2.29. The molecule has 28 heavy (non-hydrogen) atoms. The molecular weight excluding hydrogens is 392 g/mol. The predicted octanol–water partition coefficient (Wildman–Crippen LogP) is 4.78. The summed E-state index contributed by atoms with van der Waals surface area (Å²) in [5, 5.41) is 18.7. The minimum absolute atomic E-state index is 0.240. The zero-order valence-corrected chi connectivity index (χ0v) is 16.1. The molecule has 1 fully saturated rings. The van der Waals surface area contributed by atoms with Gasteiger partial charge in [0.05, 0.1) is 26.6 Å². The minimum Gasteiger partial charge on any atom is -0.351 e. The van der Waals surface area contributed by atoms with E-state index in [9.17, 15) is 0 Å². The van der Waals surface area contributed by atoms with Crippen LogP contribution in [0.1, 0.15) is 43.5 Å². The first kappa shape index (κ1) is 17.9. The van der Waals surface area contributed by atoms with E-state index in [-0.39, 0.29) is 17.1 Å². The Hall–Kier alpha value is -3.44. The molecule has 0 aromatic carbocycles. The Morgan fingerprint density at radius 2 is 1.36 bits per heavy atom. The summed E-state index contributed by atoms with van der Waals surface area (Å²) in [6, 6.07) is 3.54. The summed E-state index contributed by atoms with van der Waals surface area (Å²) in [6.45, 7) is 14.0. The van der Waals surface area contributed by atoms with Crippen LogP contribution in [-0.2, 0) is 5.41 Å². The van der Waals surface area contributed by atoms with Gasteiger partial charge in [-0.2, -0.15) is 9.97 Å². The van der Waals surface area contributed by atoms with Crippen molar-refractivity contribution in [1.29, 1.82) is 10.5 Å². The van der Waals surface area contributed by atoms with Crippen molar-refractivity contribution >= 4 is 44.6 Å². The molecule has 1 spiro atoms. The number of aliphatic imine (C=N–C) groups is 2. The number of thiazole rings is 2. The molecule has 2 aromatic heterocycles. The largest absolute Gasteiger partial charge is 0.352 e. The third-order valence-corrected chi connectivity index (χ3v) is 6.93. The second kappa shape index (κ2) is 6.94. The average Bonchev–Trinajstić information content (AvgIpc) is 3.39. The van der Waals surface area contributed by atoms with Gasteiger partial charge < -0.3 is 9.69 Å². The van der Waals surface area contributed by atoms with Crippen LogP contribution < -0.4 is 0 Å². The van der Waals surface area contributed by atoms with Crippen LogP contribution in [0.25, 0.3) is 19.4 Å². The Labute approximate surface area is 168 Å². The third-order valence-electron chi connectivity index (χ3n) is 4.87. The lowest BCUT2D eigenvalue weighted by atomic mass is 9.72. The lowest BCUT2D eigenvalue weighted by Gasteiger charge is -2.32. The molecule has 2 aliphatic rings. The van der Waals surface area contributed by atoms with Crippen LogP contribution in [-0.4, -0.2) is 21.6 Å². The molecule has 2 aliphatic carbocycles. The van der Waals surface area contributed by atoms with Gasteiger partial charge in [0.1, 0.15) is 12.1 Å². The molecule has 0 atom stereocenters. The van der Waals surface area contributed by atoms with E-state index in [0.29, 0.717) is 10.3 Å². The van der Waals surface area contributed by atoms with Crippen molar-refractivity contribution in [2.75, 3.05) is 0 Å². The first-order chi connectivity index (χ1) is 13.6. The van der Waals surface area contributed by atoms with E-state index >= 15 is 0 Å². The highest BCUT2D eigenvalue weighted by molar-refractivity contribution is 7.25. The highest BCUT2D eigenvalue weighted by Crippen LogP contribution is 2.60. The van der Waals surface area contributed by atoms with Gasteiger partial charge in [0, 0.05) is 0 Å². The first-order valence-corrected chi connectivity index (χ1v) is 10.0. The third kappa shape index (κ3) is 2.68. The molecule has 2 aromatic rings. The zero-order valence-electron chi connectivity index (χ0n) is 14.4. The van der Waals surface area contributed by atoms with Gasteiger partial charge in [-0.3, -0.25) is 0 Å². The van der Waals surface area contributed by atoms with E-state index in [1.165, 1.54) is 22.7 Å². The summed E-state index contributed by atoms with van der Waals surface area (Å²) < 4.78 is 0. The Morgan fingerprint density at radius 3 is 1.75 bits per heavy atom. The molecule has 0 N–H and O–H groups in total. The molecule has 10 heteroatoms. The number of nitriles is 2. The van der Waals surface area contributed by atoms with Crippen molar-refractivity contribution in [2.24, 2.45) is 9.98 Å². The monoisotopic (exact) mass is 402 g/mol. The molecule has 0 unspecified atom stereocenters. The summed E-state index contributed by atoms with van der Waals surface area (Å²) in [6.07, 6.45) is 5.09. The molecule has 134 valence electrons. The van der Waals surface area contributed by atoms with Crippen molar-refractivity contribution in [3.63, 3.8) is 0 Å². The van der Waals surface area contributed by atoms with Crippen molar-refractivity contribution in [3.05, 3.63) is 34.2 Å². The Bertz CT molecular complexity index is 1080. The Kier molecular flexibility index (Phi) is 4.45. The van der Waals surface area contributed by atoms with E-state index in [1.807, 2.05) is 0 Å². The van der Waals surface area contributed by atoms with Crippen molar-refractivity contribution in [2.45, 2.75) is 37.5 Å². The summed E-state index contributed by atoms with van der Waals surface area (Å²) in [4.78, 5) is 25.6. The molecule has 2 heterocycles. The number of hydrogen-bond donors (Lipinski definition) is 0. The smallest absolute Gasteiger partial charge is 0.351 e. The van der Waals surface area contributed by atoms with Crippen LogP contribution in [0, 0.1) is 35.8 Å². The van der Waals surface area contributed by atoms with Gasteiger partial charge in [-0.15, -0.1) is 0 Å². The normalized spacial score (nSPS) is 17.1. The fraction of sp³-hybridized carbons (Fsp3) is 0.333. The first-order valence-electron chi connectivity index (χ1n) is 8.40. The summed E-state index contributed by atoms with van der Waals surface area (Å²) >= 11 is 2.68. The molecule has 1 saturated carbocycles. The lowest BCUT2D eigenvalue weighted by molar-refractivity contribution is 0.340. The number of aromatic nitrogens is 2. The van der Waals surface area contributed by atoms with Crippen LogP contribution >= 0.6 is 22.7 Å². The van der Waals surface area contributed by atoms with Crippen LogP contribution in [0.15, 0.2) is 9.98 Å². The molecule has 4 rings (SSSR count). The van der Waals surface area contributed by atoms with Gasteiger partial charge in [0.2, 0.25) is 0 Å². The van der Waals surface area contributed by atoms with Gasteiger partial charge in [-0.05, 0) is 12.8 Å². The van der Waals surface area contributed by atoms with E-state index < -0.39 is 0 Å². The van der Waals surface area contributed by atoms with Crippen molar-refractivity contribution in [1.82, 2.24) is 9.97 Å². The zero-order chi connectivity index (χ0) is 19.7. The van der Waals surface area contributed by atoms with Crippen LogP contribution in [0.3, 0.4) is 0 Å². The Balaban J connectivity index is 1.89. The van der Waals surface area contributed by atoms with E-state index in [1.54, 1.807) is 12.1 Å². The molecule has 0 radical (unpaired) electrons. The second-order valence-electron chi connectivity index (χ2n) is 6.31. The van der Waals surface area contributed by atoms with Crippen molar-refractivity contribution in [3.8, 4) is 21.9 Å². The summed E-state index contributed by atoms with van der Waals surface area (Å²) in [5.74, 6) is -0.480. The summed E-state index contributed by atoms with van der Waals surface area (Å²) in [5.41, 5.74) is 1.54. The second-order valence-corrected chi connectivity index (χ2v) is 8.26. The van der Waals surface area contributed by atoms with E-state index in [0.717, 1.165) is 53.2 Å². The van der Waals surface area contributed by atoms with Crippen LogP contribution in [0.4, 0.5) is 10.3 Å². The molecule has 0 saturated heterocycles. The number of hydrogen-bond acceptors (Lipinski definition) is 8. The standard InChI is InChI=1S/C18H10N8S2/c1-21-10(8-19)23-16-25-14-12(27-16)13-15(18(14)6-4-3-5-7-18)26-17(28-13)24-11(9-20)22-2/h3-7H2. The van der Waals surface area contributed by atoms with Gasteiger partial charge in [0.25, 0.3) is 0 Å². The predicted molar refractivity (Wildman–Crippen MR) is 106 cm³/mol. The van der Waals surface area contributed by atoms with Crippen molar-refractivity contribution < 1.29 is 0 Å². The topological polar surface area (TPSA) is 107 Å². The van der Waals surface area contributed by atoms with Gasteiger partial charge in [-0.1, -0.05) is 65.1 Å². The maximum atomic E-state index is 8.98. The number of fused-ring (bicyclic) bond motifs is 5. The van der Waals surface area contributed by atoms with Gasteiger partial charge in [0.15, 0.2) is 0 Å². The maximum absolute atomic E-state index is 8.98. The average molecular weight is 402 g/mol. The fourth-order valence-electron chi connectivity index (χ4n) is 3.74. The van der Waals surface area contributed by atoms with Gasteiger partial charge in [-0.25, -0.2) is 10.5 Å². The molecule has 0 bridgehead atoms. The SMILES string of the molecule is [C-]#[N+]C(C#N)=Nc1nc2c(s1)-c1sc(N=C(C#N)[N+]#[C-])nc1C21CCCCC1. The fourth-order valence-corrected chi connectivity index (χ4v) is 5.95.